The van der Waals surface area contributed by atoms with Gasteiger partial charge in [0, 0.05) is 24.7 Å². The summed E-state index contributed by atoms with van der Waals surface area (Å²) < 4.78 is 27.4. The highest BCUT2D eigenvalue weighted by molar-refractivity contribution is 7.89. The summed E-state index contributed by atoms with van der Waals surface area (Å²) in [5, 5.41) is 3.20. The van der Waals surface area contributed by atoms with Crippen LogP contribution >= 0.6 is 0 Å². The van der Waals surface area contributed by atoms with Crippen molar-refractivity contribution in [1.82, 2.24) is 9.62 Å². The maximum atomic E-state index is 13.0. The van der Waals surface area contributed by atoms with Crippen molar-refractivity contribution in [2.24, 2.45) is 11.8 Å². The molecule has 0 heterocycles. The van der Waals surface area contributed by atoms with E-state index in [1.807, 2.05) is 38.1 Å². The van der Waals surface area contributed by atoms with Gasteiger partial charge in [-0.15, -0.1) is 0 Å². The summed E-state index contributed by atoms with van der Waals surface area (Å²) in [6, 6.07) is 14.5. The van der Waals surface area contributed by atoms with Gasteiger partial charge < -0.3 is 5.32 Å². The summed E-state index contributed by atoms with van der Waals surface area (Å²) >= 11 is 0. The number of nitrogens with one attached hydrogen (secondary N) is 1. The van der Waals surface area contributed by atoms with Gasteiger partial charge in [-0.25, -0.2) is 8.42 Å². The number of aryl methyl sites for hydroxylation is 1. The third-order valence-electron chi connectivity index (χ3n) is 6.64. The highest BCUT2D eigenvalue weighted by Gasteiger charge is 2.40. The second-order valence-electron chi connectivity index (χ2n) is 8.70. The molecule has 5 nitrogen and oxygen atoms in total. The predicted molar refractivity (Wildman–Crippen MR) is 118 cm³/mol. The summed E-state index contributed by atoms with van der Waals surface area (Å²) in [4.78, 5) is 12.9. The number of nitrogens with zero attached hydrogens (tertiary/aromatic N) is 1. The minimum absolute atomic E-state index is 0.0290. The Morgan fingerprint density at radius 2 is 1.73 bits per heavy atom. The van der Waals surface area contributed by atoms with E-state index in [0.717, 1.165) is 23.5 Å². The quantitative estimate of drug-likeness (QED) is 0.724. The van der Waals surface area contributed by atoms with E-state index in [0.29, 0.717) is 29.0 Å². The van der Waals surface area contributed by atoms with Gasteiger partial charge in [-0.3, -0.25) is 4.79 Å². The molecule has 0 unspecified atom stereocenters. The molecule has 2 aromatic rings. The van der Waals surface area contributed by atoms with Crippen LogP contribution in [-0.2, 0) is 16.6 Å². The van der Waals surface area contributed by atoms with Crippen molar-refractivity contribution in [3.05, 3.63) is 65.2 Å². The summed E-state index contributed by atoms with van der Waals surface area (Å²) in [6.45, 7) is 4.43. The van der Waals surface area contributed by atoms with Crippen LogP contribution in [0.2, 0.25) is 0 Å². The molecular formula is C24H30N2O3S. The molecular weight excluding hydrogens is 396 g/mol. The Hall–Kier alpha value is -2.18. The lowest BCUT2D eigenvalue weighted by atomic mass is 9.95. The smallest absolute Gasteiger partial charge is 0.251 e. The molecule has 4 rings (SSSR count). The van der Waals surface area contributed by atoms with Gasteiger partial charge in [0.1, 0.15) is 0 Å². The fraction of sp³-hybridized carbons (Fsp3) is 0.458. The van der Waals surface area contributed by atoms with Gasteiger partial charge in [-0.2, -0.15) is 4.31 Å². The van der Waals surface area contributed by atoms with Crippen molar-refractivity contribution in [2.45, 2.75) is 57.0 Å². The molecule has 1 N–H and O–H groups in total. The number of carbonyl (C=O) groups excluding carboxylic acids is 1. The Balaban J connectivity index is 1.41. The molecule has 160 valence electrons. The standard InChI is InChI=1S/C24H30N2O3S/c1-3-26(30(28,29)22-12-4-17(2)5-13-22)16-18-6-9-20(10-7-18)24(27)25-23-15-19-8-11-21(23)14-19/h4-7,9-10,12-13,19,21,23H,3,8,11,14-16H2,1-2H3,(H,25,27)/t19-,21-,23-/m1/s1. The first kappa shape index (κ1) is 21.1. The van der Waals surface area contributed by atoms with Crippen LogP contribution in [0, 0.1) is 18.8 Å². The third-order valence-corrected chi connectivity index (χ3v) is 8.58. The van der Waals surface area contributed by atoms with E-state index in [9.17, 15) is 13.2 Å². The van der Waals surface area contributed by atoms with Gasteiger partial charge >= 0.3 is 0 Å². The van der Waals surface area contributed by atoms with Crippen LogP contribution in [0.25, 0.3) is 0 Å². The predicted octanol–water partition coefficient (Wildman–Crippen LogP) is 4.12. The summed E-state index contributed by atoms with van der Waals surface area (Å²) in [5.41, 5.74) is 2.52. The minimum atomic E-state index is -3.56. The van der Waals surface area contributed by atoms with Crippen molar-refractivity contribution in [2.75, 3.05) is 6.54 Å². The molecule has 1 amide bonds. The second-order valence-corrected chi connectivity index (χ2v) is 10.6. The van der Waals surface area contributed by atoms with Crippen molar-refractivity contribution >= 4 is 15.9 Å². The van der Waals surface area contributed by atoms with Gasteiger partial charge in [0.15, 0.2) is 0 Å². The normalized spacial score (nSPS) is 23.1. The average Bonchev–Trinajstić information content (AvgIpc) is 3.36. The fourth-order valence-corrected chi connectivity index (χ4v) is 6.30. The first-order valence-electron chi connectivity index (χ1n) is 10.8. The van der Waals surface area contributed by atoms with Crippen LogP contribution in [0.15, 0.2) is 53.4 Å². The lowest BCUT2D eigenvalue weighted by Crippen LogP contribution is -2.38. The zero-order chi connectivity index (χ0) is 21.3. The third kappa shape index (κ3) is 4.30. The number of benzene rings is 2. The molecule has 2 aromatic carbocycles. The maximum Gasteiger partial charge on any atom is 0.251 e. The van der Waals surface area contributed by atoms with Crippen molar-refractivity contribution in [3.63, 3.8) is 0 Å². The van der Waals surface area contributed by atoms with Crippen LogP contribution in [0.5, 0.6) is 0 Å². The SMILES string of the molecule is CCN(Cc1ccc(C(=O)N[C@@H]2C[C@@H]3CC[C@@H]2C3)cc1)S(=O)(=O)c1ccc(C)cc1. The number of sulfonamides is 1. The summed E-state index contributed by atoms with van der Waals surface area (Å²) in [6.07, 6.45) is 4.91. The monoisotopic (exact) mass is 426 g/mol. The summed E-state index contributed by atoms with van der Waals surface area (Å²) in [7, 11) is -3.56. The van der Waals surface area contributed by atoms with E-state index >= 15 is 0 Å². The van der Waals surface area contributed by atoms with Gasteiger partial charge in [-0.05, 0) is 67.9 Å². The molecule has 30 heavy (non-hydrogen) atoms. The molecule has 3 atom stereocenters. The number of amides is 1. The van der Waals surface area contributed by atoms with Gasteiger partial charge in [0.2, 0.25) is 10.0 Å². The average molecular weight is 427 g/mol. The lowest BCUT2D eigenvalue weighted by molar-refractivity contribution is 0.0923. The van der Waals surface area contributed by atoms with Gasteiger partial charge in [0.25, 0.3) is 5.91 Å². The Morgan fingerprint density at radius 3 is 2.30 bits per heavy atom. The highest BCUT2D eigenvalue weighted by atomic mass is 32.2. The summed E-state index contributed by atoms with van der Waals surface area (Å²) in [5.74, 6) is 1.40. The zero-order valence-corrected chi connectivity index (χ0v) is 18.5. The lowest BCUT2D eigenvalue weighted by Gasteiger charge is -2.23. The topological polar surface area (TPSA) is 66.5 Å². The van der Waals surface area contributed by atoms with E-state index in [-0.39, 0.29) is 12.5 Å². The molecule has 0 aliphatic heterocycles. The molecule has 2 aliphatic carbocycles. The Kier molecular flexibility index (Phi) is 5.98. The van der Waals surface area contributed by atoms with Gasteiger partial charge in [0.05, 0.1) is 4.90 Å². The molecule has 0 radical (unpaired) electrons. The van der Waals surface area contributed by atoms with Crippen LogP contribution in [0.1, 0.15) is 54.1 Å². The highest BCUT2D eigenvalue weighted by Crippen LogP contribution is 2.44. The zero-order valence-electron chi connectivity index (χ0n) is 17.7. The van der Waals surface area contributed by atoms with Crippen LogP contribution in [0.4, 0.5) is 0 Å². The van der Waals surface area contributed by atoms with Crippen LogP contribution < -0.4 is 5.32 Å². The van der Waals surface area contributed by atoms with Crippen molar-refractivity contribution in [3.8, 4) is 0 Å². The van der Waals surface area contributed by atoms with E-state index in [1.54, 1.807) is 24.3 Å². The van der Waals surface area contributed by atoms with E-state index in [2.05, 4.69) is 5.32 Å². The Morgan fingerprint density at radius 1 is 1.03 bits per heavy atom. The second kappa shape index (κ2) is 8.52. The first-order valence-corrected chi connectivity index (χ1v) is 12.3. The van der Waals surface area contributed by atoms with Gasteiger partial charge in [-0.1, -0.05) is 43.2 Å². The fourth-order valence-electron chi connectivity index (χ4n) is 4.86. The molecule has 0 aromatic heterocycles. The maximum absolute atomic E-state index is 13.0. The van der Waals surface area contributed by atoms with Crippen molar-refractivity contribution in [1.29, 1.82) is 0 Å². The van der Waals surface area contributed by atoms with E-state index in [1.165, 1.54) is 23.6 Å². The number of carbonyl (C=O) groups is 1. The number of hydrogen-bond acceptors (Lipinski definition) is 3. The molecule has 0 saturated heterocycles. The molecule has 2 bridgehead atoms. The van der Waals surface area contributed by atoms with Crippen molar-refractivity contribution < 1.29 is 13.2 Å². The molecule has 2 saturated carbocycles. The van der Waals surface area contributed by atoms with E-state index < -0.39 is 10.0 Å². The number of rotatable bonds is 7. The van der Waals surface area contributed by atoms with E-state index in [4.69, 9.17) is 0 Å². The number of fused-ring (bicyclic) bond motifs is 2. The largest absolute Gasteiger partial charge is 0.349 e. The minimum Gasteiger partial charge on any atom is -0.349 e. The Labute approximate surface area is 179 Å². The number of hydrogen-bond donors (Lipinski definition) is 1. The first-order chi connectivity index (χ1) is 14.4. The molecule has 2 fully saturated rings. The molecule has 2 aliphatic rings. The molecule has 0 spiro atoms. The Bertz CT molecular complexity index is 1000. The van der Waals surface area contributed by atoms with Crippen LogP contribution in [0.3, 0.4) is 0 Å². The van der Waals surface area contributed by atoms with Crippen LogP contribution in [-0.4, -0.2) is 31.2 Å². The molecule has 6 heteroatoms.